The van der Waals surface area contributed by atoms with Gasteiger partial charge in [-0.15, -0.1) is 0 Å². The third-order valence-corrected chi connectivity index (χ3v) is 3.28. The zero-order valence-electron chi connectivity index (χ0n) is 9.13. The first-order valence-corrected chi connectivity index (χ1v) is 5.62. The fourth-order valence-electron chi connectivity index (χ4n) is 1.99. The van der Waals surface area contributed by atoms with Crippen molar-refractivity contribution in [3.05, 3.63) is 0 Å². The van der Waals surface area contributed by atoms with Crippen LogP contribution >= 0.6 is 0 Å². The van der Waals surface area contributed by atoms with Gasteiger partial charge in [0.25, 0.3) is 0 Å². The monoisotopic (exact) mass is 227 g/mol. The van der Waals surface area contributed by atoms with Crippen LogP contribution in [-0.2, 0) is 4.79 Å². The van der Waals surface area contributed by atoms with Crippen LogP contribution in [0.25, 0.3) is 0 Å². The molecule has 1 saturated carbocycles. The summed E-state index contributed by atoms with van der Waals surface area (Å²) >= 11 is 0. The number of amides is 2. The largest absolute Gasteiger partial charge is 0.465 e. The normalized spacial score (nSPS) is 23.1. The van der Waals surface area contributed by atoms with Crippen LogP contribution in [0.15, 0.2) is 0 Å². The molecule has 0 aromatic heterocycles. The van der Waals surface area contributed by atoms with Gasteiger partial charge in [0, 0.05) is 26.2 Å². The Morgan fingerprint density at radius 1 is 1.12 bits per heavy atom. The van der Waals surface area contributed by atoms with Gasteiger partial charge in [0.15, 0.2) is 0 Å². The Morgan fingerprint density at radius 2 is 1.62 bits per heavy atom. The number of carbonyl (C=O) groups is 2. The molecule has 1 saturated heterocycles. The molecule has 2 fully saturated rings. The van der Waals surface area contributed by atoms with Crippen LogP contribution in [0.4, 0.5) is 4.79 Å². The van der Waals surface area contributed by atoms with Gasteiger partial charge in [-0.2, -0.15) is 0 Å². The van der Waals surface area contributed by atoms with Crippen molar-refractivity contribution < 1.29 is 14.7 Å². The second-order valence-corrected chi connectivity index (χ2v) is 4.46. The lowest BCUT2D eigenvalue weighted by molar-refractivity contribution is -0.134. The second kappa shape index (κ2) is 4.29. The van der Waals surface area contributed by atoms with Gasteiger partial charge >= 0.3 is 6.09 Å². The molecule has 90 valence electrons. The first kappa shape index (κ1) is 11.2. The molecule has 1 aliphatic carbocycles. The predicted molar refractivity (Wildman–Crippen MR) is 56.9 cm³/mol. The molecular weight excluding hydrogens is 210 g/mol. The summed E-state index contributed by atoms with van der Waals surface area (Å²) in [6.07, 6.45) is 1.17. The number of carbonyl (C=O) groups excluding carboxylic acids is 1. The van der Waals surface area contributed by atoms with Crippen molar-refractivity contribution in [2.75, 3.05) is 26.2 Å². The van der Waals surface area contributed by atoms with Crippen LogP contribution in [0.5, 0.6) is 0 Å². The number of nitrogens with two attached hydrogens (primary N) is 1. The third kappa shape index (κ3) is 2.27. The van der Waals surface area contributed by atoms with Gasteiger partial charge < -0.3 is 20.6 Å². The molecule has 0 unspecified atom stereocenters. The Morgan fingerprint density at radius 3 is 2.06 bits per heavy atom. The lowest BCUT2D eigenvalue weighted by atomic mass is 10.1. The van der Waals surface area contributed by atoms with Gasteiger partial charge in [-0.25, -0.2) is 4.79 Å². The fourth-order valence-corrected chi connectivity index (χ4v) is 1.99. The lowest BCUT2D eigenvalue weighted by Crippen LogP contribution is -2.54. The summed E-state index contributed by atoms with van der Waals surface area (Å²) in [7, 11) is 0. The van der Waals surface area contributed by atoms with Crippen molar-refractivity contribution in [3.8, 4) is 0 Å². The van der Waals surface area contributed by atoms with Crippen LogP contribution in [0.2, 0.25) is 0 Å². The van der Waals surface area contributed by atoms with E-state index in [-0.39, 0.29) is 11.9 Å². The summed E-state index contributed by atoms with van der Waals surface area (Å²) in [4.78, 5) is 25.6. The maximum Gasteiger partial charge on any atom is 0.407 e. The highest BCUT2D eigenvalue weighted by molar-refractivity contribution is 5.82. The molecule has 1 aliphatic heterocycles. The van der Waals surface area contributed by atoms with Crippen molar-refractivity contribution >= 4 is 12.0 Å². The molecule has 1 heterocycles. The minimum atomic E-state index is -0.918. The van der Waals surface area contributed by atoms with Crippen molar-refractivity contribution in [1.82, 2.24) is 9.80 Å². The van der Waals surface area contributed by atoms with Gasteiger partial charge in [0.1, 0.15) is 0 Å². The Kier molecular flexibility index (Phi) is 3.00. The molecule has 2 rings (SSSR count). The third-order valence-electron chi connectivity index (χ3n) is 3.28. The Hall–Kier alpha value is -1.30. The molecule has 1 atom stereocenters. The van der Waals surface area contributed by atoms with Gasteiger partial charge in [-0.1, -0.05) is 0 Å². The van der Waals surface area contributed by atoms with E-state index in [0.717, 1.165) is 12.8 Å². The van der Waals surface area contributed by atoms with Gasteiger partial charge in [0.05, 0.1) is 6.04 Å². The van der Waals surface area contributed by atoms with Gasteiger partial charge in [-0.05, 0) is 18.8 Å². The SMILES string of the molecule is N[C@H](C(=O)N1CCN(C(=O)O)CC1)C1CC1. The first-order chi connectivity index (χ1) is 7.59. The number of nitrogens with zero attached hydrogens (tertiary/aromatic N) is 2. The standard InChI is InChI=1S/C10H17N3O3/c11-8(7-1-2-7)9(14)12-3-5-13(6-4-12)10(15)16/h7-8H,1-6,11H2,(H,15,16)/t8-/m0/s1. The topological polar surface area (TPSA) is 86.9 Å². The van der Waals surface area contributed by atoms with E-state index in [2.05, 4.69) is 0 Å². The molecule has 0 radical (unpaired) electrons. The molecule has 3 N–H and O–H groups in total. The maximum atomic E-state index is 11.9. The number of piperazine rings is 1. The summed E-state index contributed by atoms with van der Waals surface area (Å²) in [5.41, 5.74) is 5.83. The van der Waals surface area contributed by atoms with Crippen molar-refractivity contribution in [1.29, 1.82) is 0 Å². The molecule has 0 aromatic carbocycles. The van der Waals surface area contributed by atoms with Crippen molar-refractivity contribution in [2.45, 2.75) is 18.9 Å². The number of hydrogen-bond donors (Lipinski definition) is 2. The molecule has 2 amide bonds. The molecule has 0 spiro atoms. The predicted octanol–water partition coefficient (Wildman–Crippen LogP) is -0.454. The molecular formula is C10H17N3O3. The van der Waals surface area contributed by atoms with Crippen molar-refractivity contribution in [2.24, 2.45) is 11.7 Å². The highest BCUT2D eigenvalue weighted by Gasteiger charge is 2.36. The van der Waals surface area contributed by atoms with Crippen LogP contribution < -0.4 is 5.73 Å². The summed E-state index contributed by atoms with van der Waals surface area (Å²) in [6.45, 7) is 1.70. The summed E-state index contributed by atoms with van der Waals surface area (Å²) < 4.78 is 0. The minimum absolute atomic E-state index is 0.0208. The molecule has 6 nitrogen and oxygen atoms in total. The molecule has 16 heavy (non-hydrogen) atoms. The summed E-state index contributed by atoms with van der Waals surface area (Å²) in [6, 6.07) is -0.378. The van der Waals surface area contributed by atoms with E-state index in [1.54, 1.807) is 4.90 Å². The molecule has 6 heteroatoms. The van der Waals surface area contributed by atoms with Gasteiger partial charge in [0.2, 0.25) is 5.91 Å². The smallest absolute Gasteiger partial charge is 0.407 e. The Balaban J connectivity index is 1.83. The maximum absolute atomic E-state index is 11.9. The fraction of sp³-hybridized carbons (Fsp3) is 0.800. The van der Waals surface area contributed by atoms with E-state index >= 15 is 0 Å². The number of carboxylic acid groups (broad SMARTS) is 1. The van der Waals surface area contributed by atoms with Crippen LogP contribution in [0.3, 0.4) is 0 Å². The van der Waals surface area contributed by atoms with E-state index < -0.39 is 6.09 Å². The summed E-state index contributed by atoms with van der Waals surface area (Å²) in [5.74, 6) is 0.331. The average molecular weight is 227 g/mol. The molecule has 0 aromatic rings. The minimum Gasteiger partial charge on any atom is -0.465 e. The Labute approximate surface area is 94.0 Å². The van der Waals surface area contributed by atoms with Gasteiger partial charge in [-0.3, -0.25) is 4.79 Å². The average Bonchev–Trinajstić information content (AvgIpc) is 3.11. The quantitative estimate of drug-likeness (QED) is 0.668. The highest BCUT2D eigenvalue weighted by atomic mass is 16.4. The first-order valence-electron chi connectivity index (χ1n) is 5.62. The van der Waals surface area contributed by atoms with Crippen LogP contribution in [-0.4, -0.2) is 59.1 Å². The van der Waals surface area contributed by atoms with E-state index in [1.165, 1.54) is 4.90 Å². The Bertz CT molecular complexity index is 296. The zero-order valence-corrected chi connectivity index (χ0v) is 9.13. The van der Waals surface area contributed by atoms with E-state index in [1.807, 2.05) is 0 Å². The molecule has 2 aliphatic rings. The van der Waals surface area contributed by atoms with E-state index in [0.29, 0.717) is 32.1 Å². The number of hydrogen-bond acceptors (Lipinski definition) is 3. The highest BCUT2D eigenvalue weighted by Crippen LogP contribution is 2.32. The number of rotatable bonds is 2. The summed E-state index contributed by atoms with van der Waals surface area (Å²) in [5, 5.41) is 8.77. The van der Waals surface area contributed by atoms with Crippen LogP contribution in [0.1, 0.15) is 12.8 Å². The molecule has 0 bridgehead atoms. The zero-order chi connectivity index (χ0) is 11.7. The second-order valence-electron chi connectivity index (χ2n) is 4.46. The van der Waals surface area contributed by atoms with E-state index in [9.17, 15) is 9.59 Å². The van der Waals surface area contributed by atoms with Crippen LogP contribution in [0, 0.1) is 5.92 Å². The van der Waals surface area contributed by atoms with Crippen molar-refractivity contribution in [3.63, 3.8) is 0 Å². The lowest BCUT2D eigenvalue weighted by Gasteiger charge is -2.34. The van der Waals surface area contributed by atoms with E-state index in [4.69, 9.17) is 10.8 Å².